The third-order valence-corrected chi connectivity index (χ3v) is 4.27. The van der Waals surface area contributed by atoms with Gasteiger partial charge in [0.1, 0.15) is 6.61 Å². The fourth-order valence-corrected chi connectivity index (χ4v) is 2.70. The number of oxime groups is 1. The molecule has 0 saturated heterocycles. The van der Waals surface area contributed by atoms with Crippen LogP contribution in [-0.4, -0.2) is 11.2 Å². The Morgan fingerprint density at radius 3 is 2.36 bits per heavy atom. The number of hydrogen-bond donors (Lipinski definition) is 0. The second-order valence-electron chi connectivity index (χ2n) is 6.17. The van der Waals surface area contributed by atoms with E-state index in [0.29, 0.717) is 12.2 Å². The summed E-state index contributed by atoms with van der Waals surface area (Å²) in [5, 5.41) is 3.87. The molecule has 1 aromatic heterocycles. The van der Waals surface area contributed by atoms with Gasteiger partial charge in [-0.3, -0.25) is 4.98 Å². The smallest absolute Gasteiger partial charge is 0.391 e. The zero-order chi connectivity index (χ0) is 20.1. The van der Waals surface area contributed by atoms with Crippen LogP contribution in [0.3, 0.4) is 0 Å². The van der Waals surface area contributed by atoms with Crippen LogP contribution in [0.15, 0.2) is 65.9 Å². The lowest BCUT2D eigenvalue weighted by Crippen LogP contribution is -2.05. The summed E-state index contributed by atoms with van der Waals surface area (Å²) in [6.07, 6.45) is -2.15. The van der Waals surface area contributed by atoms with Crippen LogP contribution in [0.5, 0.6) is 0 Å². The van der Waals surface area contributed by atoms with Gasteiger partial charge < -0.3 is 4.84 Å². The number of aryl methyl sites for hydroxylation is 1. The van der Waals surface area contributed by atoms with Gasteiger partial charge in [-0.15, -0.1) is 0 Å². The first-order chi connectivity index (χ1) is 13.3. The zero-order valence-corrected chi connectivity index (χ0v) is 15.6. The summed E-state index contributed by atoms with van der Waals surface area (Å²) in [6, 6.07) is 15.8. The molecule has 7 heteroatoms. The van der Waals surface area contributed by atoms with E-state index in [1.165, 1.54) is 5.56 Å². The van der Waals surface area contributed by atoms with E-state index < -0.39 is 11.7 Å². The van der Waals surface area contributed by atoms with Crippen molar-refractivity contribution in [2.45, 2.75) is 19.7 Å². The summed E-state index contributed by atoms with van der Waals surface area (Å²) in [7, 11) is 0. The van der Waals surface area contributed by atoms with E-state index in [1.807, 2.05) is 31.2 Å². The van der Waals surface area contributed by atoms with E-state index in [-0.39, 0.29) is 10.7 Å². The van der Waals surface area contributed by atoms with Gasteiger partial charge in [-0.2, -0.15) is 13.2 Å². The Hall–Kier alpha value is -2.86. The second kappa shape index (κ2) is 8.44. The molecular weight excluding hydrogens is 389 g/mol. The van der Waals surface area contributed by atoms with Gasteiger partial charge in [-0.25, -0.2) is 0 Å². The van der Waals surface area contributed by atoms with E-state index in [9.17, 15) is 13.2 Å². The monoisotopic (exact) mass is 404 g/mol. The van der Waals surface area contributed by atoms with Crippen LogP contribution in [0.1, 0.15) is 22.3 Å². The molecule has 0 radical (unpaired) electrons. The van der Waals surface area contributed by atoms with E-state index in [0.717, 1.165) is 23.4 Å². The summed E-state index contributed by atoms with van der Waals surface area (Å²) in [5.41, 5.74) is 2.98. The summed E-state index contributed by atoms with van der Waals surface area (Å²) in [4.78, 5) is 9.12. The van der Waals surface area contributed by atoms with Crippen molar-refractivity contribution in [3.63, 3.8) is 0 Å². The molecule has 0 saturated carbocycles. The highest BCUT2D eigenvalue weighted by atomic mass is 35.5. The number of pyridine rings is 1. The first-order valence-electron chi connectivity index (χ1n) is 8.37. The molecule has 3 nitrogen and oxygen atoms in total. The molecule has 0 N–H and O–H groups in total. The lowest BCUT2D eigenvalue weighted by Gasteiger charge is -2.09. The molecule has 0 spiro atoms. The van der Waals surface area contributed by atoms with E-state index in [1.54, 1.807) is 30.5 Å². The molecule has 0 aliphatic heterocycles. The average molecular weight is 405 g/mol. The number of nitrogens with zero attached hydrogens (tertiary/aromatic N) is 2. The summed E-state index contributed by atoms with van der Waals surface area (Å²) >= 11 is 5.97. The number of halogens is 4. The highest BCUT2D eigenvalue weighted by Gasteiger charge is 2.31. The van der Waals surface area contributed by atoms with Crippen molar-refractivity contribution in [1.82, 2.24) is 4.98 Å². The Labute approximate surface area is 165 Å². The fourth-order valence-electron chi connectivity index (χ4n) is 2.43. The third kappa shape index (κ3) is 5.10. The minimum Gasteiger partial charge on any atom is -0.391 e. The molecule has 1 heterocycles. The molecule has 0 fully saturated rings. The van der Waals surface area contributed by atoms with Crippen molar-refractivity contribution >= 4 is 17.8 Å². The largest absolute Gasteiger partial charge is 0.417 e. The molecule has 0 amide bonds. The second-order valence-corrected chi connectivity index (χ2v) is 6.57. The van der Waals surface area contributed by atoms with Crippen LogP contribution in [0.4, 0.5) is 13.2 Å². The normalized spacial score (nSPS) is 11.8. The van der Waals surface area contributed by atoms with Crippen LogP contribution in [0.25, 0.3) is 11.3 Å². The maximum Gasteiger partial charge on any atom is 0.417 e. The minimum absolute atomic E-state index is 0.0577. The van der Waals surface area contributed by atoms with Crippen molar-refractivity contribution in [1.29, 1.82) is 0 Å². The Morgan fingerprint density at radius 2 is 1.75 bits per heavy atom. The lowest BCUT2D eigenvalue weighted by atomic mass is 10.1. The molecule has 28 heavy (non-hydrogen) atoms. The average Bonchev–Trinajstić information content (AvgIpc) is 2.66. The quantitative estimate of drug-likeness (QED) is 0.370. The summed E-state index contributed by atoms with van der Waals surface area (Å²) < 4.78 is 38.1. The predicted molar refractivity (Wildman–Crippen MR) is 103 cm³/mol. The van der Waals surface area contributed by atoms with Crippen molar-refractivity contribution in [3.8, 4) is 11.3 Å². The molecule has 0 aliphatic rings. The first kappa shape index (κ1) is 19.9. The van der Waals surface area contributed by atoms with Crippen LogP contribution < -0.4 is 0 Å². The SMILES string of the molecule is Cc1ccc(CO/N=C/c2ccc(-c3ncc(C(F)(F)F)cc3Cl)cc2)cc1. The Morgan fingerprint density at radius 1 is 1.07 bits per heavy atom. The molecule has 0 unspecified atom stereocenters. The van der Waals surface area contributed by atoms with Crippen molar-refractivity contribution in [2.24, 2.45) is 5.16 Å². The predicted octanol–water partition coefficient (Wildman–Crippen LogP) is 6.28. The van der Waals surface area contributed by atoms with Crippen LogP contribution in [-0.2, 0) is 17.6 Å². The summed E-state index contributed by atoms with van der Waals surface area (Å²) in [6.45, 7) is 2.37. The molecular formula is C21H16ClF3N2O. The number of benzene rings is 2. The zero-order valence-electron chi connectivity index (χ0n) is 14.9. The molecule has 0 aliphatic carbocycles. The lowest BCUT2D eigenvalue weighted by molar-refractivity contribution is -0.137. The fraction of sp³-hybridized carbons (Fsp3) is 0.143. The van der Waals surface area contributed by atoms with Crippen LogP contribution >= 0.6 is 11.6 Å². The number of rotatable bonds is 5. The van der Waals surface area contributed by atoms with Gasteiger partial charge in [0.2, 0.25) is 0 Å². The summed E-state index contributed by atoms with van der Waals surface area (Å²) in [5.74, 6) is 0. The molecule has 0 bridgehead atoms. The Kier molecular flexibility index (Phi) is 5.99. The number of hydrogen-bond acceptors (Lipinski definition) is 3. The highest BCUT2D eigenvalue weighted by Crippen LogP contribution is 2.33. The van der Waals surface area contributed by atoms with E-state index in [4.69, 9.17) is 16.4 Å². The maximum absolute atomic E-state index is 12.7. The Bertz CT molecular complexity index is 968. The van der Waals surface area contributed by atoms with Gasteiger partial charge >= 0.3 is 6.18 Å². The molecule has 3 aromatic rings. The molecule has 0 atom stereocenters. The van der Waals surface area contributed by atoms with Gasteiger partial charge in [0, 0.05) is 11.8 Å². The number of aromatic nitrogens is 1. The topological polar surface area (TPSA) is 34.5 Å². The van der Waals surface area contributed by atoms with Crippen LogP contribution in [0.2, 0.25) is 5.02 Å². The Balaban J connectivity index is 1.64. The maximum atomic E-state index is 12.7. The van der Waals surface area contributed by atoms with Crippen molar-refractivity contribution in [3.05, 3.63) is 88.1 Å². The van der Waals surface area contributed by atoms with E-state index in [2.05, 4.69) is 10.1 Å². The first-order valence-corrected chi connectivity index (χ1v) is 8.75. The molecule has 144 valence electrons. The van der Waals surface area contributed by atoms with E-state index >= 15 is 0 Å². The van der Waals surface area contributed by atoms with Gasteiger partial charge in [0.25, 0.3) is 0 Å². The van der Waals surface area contributed by atoms with Crippen LogP contribution in [0, 0.1) is 6.92 Å². The number of alkyl halides is 3. The third-order valence-electron chi connectivity index (χ3n) is 3.98. The van der Waals surface area contributed by atoms with Gasteiger partial charge in [-0.1, -0.05) is 70.9 Å². The molecule has 2 aromatic carbocycles. The van der Waals surface area contributed by atoms with Gasteiger partial charge in [0.05, 0.1) is 22.5 Å². The van der Waals surface area contributed by atoms with Crippen molar-refractivity contribution in [2.75, 3.05) is 0 Å². The molecule has 3 rings (SSSR count). The standard InChI is InChI=1S/C21H16ClF3N2O/c1-14-2-4-16(5-3-14)13-28-27-11-15-6-8-17(9-7-15)20-19(22)10-18(12-26-20)21(23,24)25/h2-12H,13H2,1H3/b27-11+. The van der Waals surface area contributed by atoms with Gasteiger partial charge in [0.15, 0.2) is 0 Å². The van der Waals surface area contributed by atoms with Crippen molar-refractivity contribution < 1.29 is 18.0 Å². The minimum atomic E-state index is -4.48. The highest BCUT2D eigenvalue weighted by molar-refractivity contribution is 6.33. The van der Waals surface area contributed by atoms with Gasteiger partial charge in [-0.05, 0) is 24.1 Å².